The summed E-state index contributed by atoms with van der Waals surface area (Å²) in [7, 11) is 3.44. The number of β-amino-alcohol motifs (C(OH)–C–C–N with tert-alkyl or cyclic N) is 2. The van der Waals surface area contributed by atoms with Gasteiger partial charge < -0.3 is 15.1 Å². The number of carbonyl (C=O) groups excluding carboxylic acids is 1. The second-order valence-corrected chi connectivity index (χ2v) is 3.93. The van der Waals surface area contributed by atoms with Crippen LogP contribution in [0.5, 0.6) is 0 Å². The van der Waals surface area contributed by atoms with Crippen LogP contribution < -0.4 is 0 Å². The molecule has 1 saturated heterocycles. The fourth-order valence-electron chi connectivity index (χ4n) is 1.51. The first-order valence-corrected chi connectivity index (χ1v) is 4.79. The lowest BCUT2D eigenvalue weighted by Gasteiger charge is -2.16. The van der Waals surface area contributed by atoms with Gasteiger partial charge in [-0.25, -0.2) is 0 Å². The third-order valence-electron chi connectivity index (χ3n) is 2.48. The highest BCUT2D eigenvalue weighted by atomic mass is 16.3. The zero-order valence-electron chi connectivity index (χ0n) is 8.68. The number of rotatable bonds is 3. The van der Waals surface area contributed by atoms with Crippen LogP contribution in [0.3, 0.4) is 0 Å². The number of hydrogen-bond acceptors (Lipinski definition) is 4. The lowest BCUT2D eigenvalue weighted by molar-refractivity contribution is -0.129. The Morgan fingerprint density at radius 1 is 1.36 bits per heavy atom. The summed E-state index contributed by atoms with van der Waals surface area (Å²) in [5.74, 6) is 0.0703. The van der Waals surface area contributed by atoms with Crippen molar-refractivity contribution in [3.63, 3.8) is 0 Å². The highest BCUT2D eigenvalue weighted by Crippen LogP contribution is 2.10. The van der Waals surface area contributed by atoms with Crippen molar-refractivity contribution in [1.29, 1.82) is 0 Å². The number of likely N-dealkylation sites (tertiary alicyclic amines) is 1. The van der Waals surface area contributed by atoms with E-state index in [0.717, 1.165) is 0 Å². The Morgan fingerprint density at radius 3 is 2.29 bits per heavy atom. The second kappa shape index (κ2) is 4.72. The van der Waals surface area contributed by atoms with Crippen molar-refractivity contribution in [1.82, 2.24) is 9.80 Å². The van der Waals surface area contributed by atoms with E-state index in [2.05, 4.69) is 0 Å². The van der Waals surface area contributed by atoms with Crippen molar-refractivity contribution in [3.8, 4) is 0 Å². The summed E-state index contributed by atoms with van der Waals surface area (Å²) in [6, 6.07) is 0. The molecule has 0 aromatic heterocycles. The monoisotopic (exact) mass is 202 g/mol. The van der Waals surface area contributed by atoms with E-state index in [4.69, 9.17) is 0 Å². The Bertz CT molecular complexity index is 198. The SMILES string of the molecule is CN(C)C(=O)CCN1CC(O)C(O)C1. The van der Waals surface area contributed by atoms with Crippen LogP contribution in [-0.2, 0) is 4.79 Å². The first kappa shape index (κ1) is 11.4. The molecule has 14 heavy (non-hydrogen) atoms. The summed E-state index contributed by atoms with van der Waals surface area (Å²) in [5, 5.41) is 18.5. The van der Waals surface area contributed by atoms with Gasteiger partial charge in [-0.2, -0.15) is 0 Å². The molecule has 82 valence electrons. The van der Waals surface area contributed by atoms with Crippen LogP contribution in [0.25, 0.3) is 0 Å². The highest BCUT2D eigenvalue weighted by Gasteiger charge is 2.29. The minimum absolute atomic E-state index is 0.0703. The van der Waals surface area contributed by atoms with E-state index in [1.807, 2.05) is 4.90 Å². The number of carbonyl (C=O) groups is 1. The molecule has 0 aromatic carbocycles. The number of hydrogen-bond donors (Lipinski definition) is 2. The molecule has 5 heteroatoms. The number of amides is 1. The molecular weight excluding hydrogens is 184 g/mol. The molecular formula is C9H18N2O3. The Hall–Kier alpha value is -0.650. The lowest BCUT2D eigenvalue weighted by atomic mass is 10.3. The van der Waals surface area contributed by atoms with E-state index in [9.17, 15) is 15.0 Å². The summed E-state index contributed by atoms with van der Waals surface area (Å²) in [4.78, 5) is 14.7. The standard InChI is InChI=1S/C9H18N2O3/c1-10(2)9(14)3-4-11-5-7(12)8(13)6-11/h7-8,12-13H,3-6H2,1-2H3. The Morgan fingerprint density at radius 2 is 1.86 bits per heavy atom. The van der Waals surface area contributed by atoms with Crippen LogP contribution in [0, 0.1) is 0 Å². The molecule has 0 spiro atoms. The van der Waals surface area contributed by atoms with Gasteiger partial charge in [0.2, 0.25) is 5.91 Å². The predicted octanol–water partition coefficient (Wildman–Crippen LogP) is -1.50. The molecule has 1 rings (SSSR count). The third-order valence-corrected chi connectivity index (χ3v) is 2.48. The van der Waals surface area contributed by atoms with Gasteiger partial charge in [0.05, 0.1) is 12.2 Å². The fraction of sp³-hybridized carbons (Fsp3) is 0.889. The minimum Gasteiger partial charge on any atom is -0.389 e. The van der Waals surface area contributed by atoms with Crippen molar-refractivity contribution >= 4 is 5.91 Å². The topological polar surface area (TPSA) is 64.0 Å². The van der Waals surface area contributed by atoms with Crippen LogP contribution in [0.2, 0.25) is 0 Å². The van der Waals surface area contributed by atoms with Crippen molar-refractivity contribution in [2.24, 2.45) is 0 Å². The third kappa shape index (κ3) is 2.94. The molecule has 1 aliphatic heterocycles. The molecule has 0 aliphatic carbocycles. The van der Waals surface area contributed by atoms with Crippen molar-refractivity contribution in [2.45, 2.75) is 18.6 Å². The smallest absolute Gasteiger partial charge is 0.223 e. The number of aliphatic hydroxyl groups excluding tert-OH is 2. The van der Waals surface area contributed by atoms with Gasteiger partial charge >= 0.3 is 0 Å². The van der Waals surface area contributed by atoms with Gasteiger partial charge in [0.15, 0.2) is 0 Å². The zero-order valence-corrected chi connectivity index (χ0v) is 8.68. The van der Waals surface area contributed by atoms with Gasteiger partial charge in [-0.05, 0) is 0 Å². The molecule has 0 saturated carbocycles. The maximum absolute atomic E-state index is 11.2. The van der Waals surface area contributed by atoms with E-state index in [0.29, 0.717) is 26.1 Å². The van der Waals surface area contributed by atoms with Crippen molar-refractivity contribution in [3.05, 3.63) is 0 Å². The molecule has 2 atom stereocenters. The first-order valence-electron chi connectivity index (χ1n) is 4.79. The van der Waals surface area contributed by atoms with Gasteiger partial charge in [0.1, 0.15) is 0 Å². The largest absolute Gasteiger partial charge is 0.389 e. The Balaban J connectivity index is 2.23. The quantitative estimate of drug-likeness (QED) is 0.585. The summed E-state index contributed by atoms with van der Waals surface area (Å²) < 4.78 is 0. The van der Waals surface area contributed by atoms with E-state index in [-0.39, 0.29) is 5.91 Å². The molecule has 1 heterocycles. The van der Waals surface area contributed by atoms with Gasteiger partial charge in [0, 0.05) is 40.2 Å². The van der Waals surface area contributed by atoms with Crippen molar-refractivity contribution < 1.29 is 15.0 Å². The van der Waals surface area contributed by atoms with E-state index < -0.39 is 12.2 Å². The average Bonchev–Trinajstić information content (AvgIpc) is 2.42. The van der Waals surface area contributed by atoms with Crippen LogP contribution in [-0.4, -0.2) is 71.9 Å². The maximum Gasteiger partial charge on any atom is 0.223 e. The predicted molar refractivity (Wildman–Crippen MR) is 51.8 cm³/mol. The molecule has 0 bridgehead atoms. The lowest BCUT2D eigenvalue weighted by Crippen LogP contribution is -2.29. The van der Waals surface area contributed by atoms with Gasteiger partial charge in [0.25, 0.3) is 0 Å². The normalized spacial score (nSPS) is 28.0. The Labute approximate surface area is 83.9 Å². The van der Waals surface area contributed by atoms with Crippen LogP contribution in [0.15, 0.2) is 0 Å². The van der Waals surface area contributed by atoms with Gasteiger partial charge in [-0.1, -0.05) is 0 Å². The molecule has 2 unspecified atom stereocenters. The van der Waals surface area contributed by atoms with E-state index in [1.165, 1.54) is 0 Å². The van der Waals surface area contributed by atoms with E-state index in [1.54, 1.807) is 19.0 Å². The molecule has 1 fully saturated rings. The molecule has 1 aliphatic rings. The molecule has 0 aromatic rings. The highest BCUT2D eigenvalue weighted by molar-refractivity contribution is 5.75. The van der Waals surface area contributed by atoms with Crippen LogP contribution in [0.1, 0.15) is 6.42 Å². The average molecular weight is 202 g/mol. The summed E-state index contributed by atoms with van der Waals surface area (Å²) in [5.41, 5.74) is 0. The molecule has 1 amide bonds. The minimum atomic E-state index is -0.663. The maximum atomic E-state index is 11.2. The summed E-state index contributed by atoms with van der Waals surface area (Å²) >= 11 is 0. The number of aliphatic hydroxyl groups is 2. The molecule has 5 nitrogen and oxygen atoms in total. The second-order valence-electron chi connectivity index (χ2n) is 3.93. The van der Waals surface area contributed by atoms with E-state index >= 15 is 0 Å². The molecule has 0 radical (unpaired) electrons. The van der Waals surface area contributed by atoms with Crippen molar-refractivity contribution in [2.75, 3.05) is 33.7 Å². The van der Waals surface area contributed by atoms with Gasteiger partial charge in [-0.3, -0.25) is 9.69 Å². The molecule has 2 N–H and O–H groups in total. The number of nitrogens with zero attached hydrogens (tertiary/aromatic N) is 2. The Kier molecular flexibility index (Phi) is 3.86. The summed E-state index contributed by atoms with van der Waals surface area (Å²) in [6.07, 6.45) is -0.888. The fourth-order valence-corrected chi connectivity index (χ4v) is 1.51. The van der Waals surface area contributed by atoms with Crippen LogP contribution >= 0.6 is 0 Å². The van der Waals surface area contributed by atoms with Crippen LogP contribution in [0.4, 0.5) is 0 Å². The zero-order chi connectivity index (χ0) is 10.7. The van der Waals surface area contributed by atoms with Gasteiger partial charge in [-0.15, -0.1) is 0 Å². The first-order chi connectivity index (χ1) is 6.50. The summed E-state index contributed by atoms with van der Waals surface area (Å²) in [6.45, 7) is 1.52.